The molecule has 2 N–H and O–H groups in total. The summed E-state index contributed by atoms with van der Waals surface area (Å²) in [7, 11) is -3.18. The van der Waals surface area contributed by atoms with E-state index in [1.165, 1.54) is 0 Å². The van der Waals surface area contributed by atoms with Gasteiger partial charge in [-0.3, -0.25) is 4.79 Å². The Morgan fingerprint density at radius 3 is 2.40 bits per heavy atom. The third-order valence-electron chi connectivity index (χ3n) is 5.49. The maximum atomic E-state index is 13.3. The number of amides is 1. The van der Waals surface area contributed by atoms with Crippen molar-refractivity contribution in [1.29, 1.82) is 0 Å². The van der Waals surface area contributed by atoms with Crippen molar-refractivity contribution in [1.82, 2.24) is 14.9 Å². The fourth-order valence-electron chi connectivity index (χ4n) is 3.48. The molecule has 1 aliphatic heterocycles. The number of hydrogen-bond donors (Lipinski definition) is 2. The Kier molecular flexibility index (Phi) is 7.03. The number of rotatable bonds is 8. The molecule has 0 aromatic heterocycles. The molecule has 1 aromatic carbocycles. The quantitative estimate of drug-likeness (QED) is 0.595. The molecule has 1 saturated carbocycles. The summed E-state index contributed by atoms with van der Waals surface area (Å²) in [4.78, 5) is 14.3. The molecule has 0 bridgehead atoms. The number of piperidine rings is 1. The highest BCUT2D eigenvalue weighted by Crippen LogP contribution is 2.32. The minimum absolute atomic E-state index is 0.177. The van der Waals surface area contributed by atoms with Crippen molar-refractivity contribution < 1.29 is 30.8 Å². The molecule has 11 heteroatoms. The predicted molar refractivity (Wildman–Crippen MR) is 103 cm³/mol. The lowest BCUT2D eigenvalue weighted by Gasteiger charge is -2.32. The summed E-state index contributed by atoms with van der Waals surface area (Å²) in [5, 5.41) is 2.39. The number of hydrogen-bond acceptors (Lipinski definition) is 4. The molecule has 1 saturated heterocycles. The third-order valence-corrected chi connectivity index (χ3v) is 7.44. The first-order valence-corrected chi connectivity index (χ1v) is 11.5. The van der Waals surface area contributed by atoms with Crippen LogP contribution < -0.4 is 10.0 Å². The molecule has 30 heavy (non-hydrogen) atoms. The zero-order chi connectivity index (χ0) is 21.9. The van der Waals surface area contributed by atoms with Crippen molar-refractivity contribution in [3.05, 3.63) is 35.1 Å². The van der Waals surface area contributed by atoms with E-state index in [0.717, 1.165) is 44.8 Å². The smallest absolute Gasteiger partial charge is 0.352 e. The van der Waals surface area contributed by atoms with Gasteiger partial charge in [-0.2, -0.15) is 13.2 Å². The van der Waals surface area contributed by atoms with Gasteiger partial charge in [0.2, 0.25) is 10.0 Å². The normalized spacial score (nSPS) is 19.1. The first kappa shape index (κ1) is 23.0. The van der Waals surface area contributed by atoms with E-state index >= 15 is 0 Å². The van der Waals surface area contributed by atoms with Crippen LogP contribution in [0.15, 0.2) is 18.2 Å². The number of likely N-dealkylation sites (tertiary alicyclic amines) is 1. The van der Waals surface area contributed by atoms with Crippen LogP contribution >= 0.6 is 0 Å². The van der Waals surface area contributed by atoms with E-state index in [-0.39, 0.29) is 16.7 Å². The van der Waals surface area contributed by atoms with E-state index in [4.69, 9.17) is 0 Å². The Hall–Kier alpha value is -1.72. The van der Waals surface area contributed by atoms with E-state index in [2.05, 4.69) is 14.9 Å². The molecule has 1 heterocycles. The fraction of sp³-hybridized carbons (Fsp3) is 0.632. The molecule has 0 atom stereocenters. The van der Waals surface area contributed by atoms with E-state index in [0.29, 0.717) is 31.8 Å². The Labute approximate surface area is 173 Å². The van der Waals surface area contributed by atoms with E-state index in [1.807, 2.05) is 0 Å². The number of benzene rings is 1. The largest absolute Gasteiger partial charge is 0.419 e. The molecule has 0 spiro atoms. The standard InChI is InChI=1S/C19H25F4N3O3S/c20-17-4-1-14(11-16(17)19(21,22)23)18(27)24-12-13-5-8-26(9-6-13)10-7-25-30(28,29)15-2-3-15/h1,4,11,13,15,25H,2-3,5-10,12H2,(H,24,27). The number of nitrogens with one attached hydrogen (secondary N) is 2. The van der Waals surface area contributed by atoms with Crippen molar-refractivity contribution in [2.45, 2.75) is 37.1 Å². The van der Waals surface area contributed by atoms with Gasteiger partial charge in [0.25, 0.3) is 5.91 Å². The summed E-state index contributed by atoms with van der Waals surface area (Å²) in [6, 6.07) is 2.20. The molecule has 168 valence electrons. The van der Waals surface area contributed by atoms with E-state index < -0.39 is 33.5 Å². The SMILES string of the molecule is O=C(NCC1CCN(CCNS(=O)(=O)C2CC2)CC1)c1ccc(F)c(C(F)(F)F)c1. The molecule has 0 radical (unpaired) electrons. The molecule has 6 nitrogen and oxygen atoms in total. The number of carbonyl (C=O) groups excluding carboxylic acids is 1. The van der Waals surface area contributed by atoms with Crippen LogP contribution in [0.1, 0.15) is 41.6 Å². The Balaban J connectivity index is 1.40. The lowest BCUT2D eigenvalue weighted by Crippen LogP contribution is -2.42. The van der Waals surface area contributed by atoms with Gasteiger partial charge in [0, 0.05) is 25.2 Å². The van der Waals surface area contributed by atoms with Gasteiger partial charge in [0.05, 0.1) is 10.8 Å². The number of alkyl halides is 3. The minimum atomic E-state index is -4.86. The first-order chi connectivity index (χ1) is 14.1. The van der Waals surface area contributed by atoms with Gasteiger partial charge < -0.3 is 10.2 Å². The Morgan fingerprint density at radius 2 is 1.80 bits per heavy atom. The summed E-state index contributed by atoms with van der Waals surface area (Å²) >= 11 is 0. The third kappa shape index (κ3) is 6.14. The van der Waals surface area contributed by atoms with Crippen LogP contribution in [0.5, 0.6) is 0 Å². The number of halogens is 4. The minimum Gasteiger partial charge on any atom is -0.352 e. The highest BCUT2D eigenvalue weighted by molar-refractivity contribution is 7.90. The van der Waals surface area contributed by atoms with Gasteiger partial charge in [-0.05, 0) is 62.9 Å². The van der Waals surface area contributed by atoms with Crippen LogP contribution in [-0.2, 0) is 16.2 Å². The monoisotopic (exact) mass is 451 g/mol. The Morgan fingerprint density at radius 1 is 1.13 bits per heavy atom. The maximum Gasteiger partial charge on any atom is 0.419 e. The van der Waals surface area contributed by atoms with Gasteiger partial charge in [-0.1, -0.05) is 0 Å². The van der Waals surface area contributed by atoms with Crippen LogP contribution in [-0.4, -0.2) is 57.2 Å². The van der Waals surface area contributed by atoms with Crippen LogP contribution in [0.4, 0.5) is 17.6 Å². The molecule has 3 rings (SSSR count). The zero-order valence-corrected chi connectivity index (χ0v) is 17.2. The fourth-order valence-corrected chi connectivity index (χ4v) is 4.85. The van der Waals surface area contributed by atoms with Crippen LogP contribution in [0, 0.1) is 11.7 Å². The second kappa shape index (κ2) is 9.19. The van der Waals surface area contributed by atoms with E-state index in [1.54, 1.807) is 0 Å². The second-order valence-electron chi connectivity index (χ2n) is 7.83. The summed E-state index contributed by atoms with van der Waals surface area (Å²) in [5.74, 6) is -1.90. The van der Waals surface area contributed by atoms with Crippen molar-refractivity contribution in [2.75, 3.05) is 32.7 Å². The molecule has 0 unspecified atom stereocenters. The van der Waals surface area contributed by atoms with Crippen molar-refractivity contribution in [3.8, 4) is 0 Å². The number of sulfonamides is 1. The van der Waals surface area contributed by atoms with Crippen molar-refractivity contribution in [2.24, 2.45) is 5.92 Å². The average molecular weight is 451 g/mol. The van der Waals surface area contributed by atoms with Gasteiger partial charge in [0.1, 0.15) is 5.82 Å². The lowest BCUT2D eigenvalue weighted by molar-refractivity contribution is -0.140. The van der Waals surface area contributed by atoms with Crippen molar-refractivity contribution in [3.63, 3.8) is 0 Å². The first-order valence-electron chi connectivity index (χ1n) is 9.92. The summed E-state index contributed by atoms with van der Waals surface area (Å²) < 4.78 is 77.9. The molecule has 2 fully saturated rings. The lowest BCUT2D eigenvalue weighted by atomic mass is 9.96. The average Bonchev–Trinajstić information content (AvgIpc) is 3.52. The van der Waals surface area contributed by atoms with Gasteiger partial charge in [-0.25, -0.2) is 17.5 Å². The van der Waals surface area contributed by atoms with Crippen LogP contribution in [0.3, 0.4) is 0 Å². The molecular weight excluding hydrogens is 426 g/mol. The number of nitrogens with zero attached hydrogens (tertiary/aromatic N) is 1. The van der Waals surface area contributed by atoms with Gasteiger partial charge in [0.15, 0.2) is 0 Å². The van der Waals surface area contributed by atoms with Crippen molar-refractivity contribution >= 4 is 15.9 Å². The van der Waals surface area contributed by atoms with Gasteiger partial charge >= 0.3 is 6.18 Å². The zero-order valence-electron chi connectivity index (χ0n) is 16.3. The maximum absolute atomic E-state index is 13.3. The second-order valence-corrected chi connectivity index (χ2v) is 9.87. The molecule has 2 aliphatic rings. The van der Waals surface area contributed by atoms with Crippen LogP contribution in [0.25, 0.3) is 0 Å². The van der Waals surface area contributed by atoms with Gasteiger partial charge in [-0.15, -0.1) is 0 Å². The number of carbonyl (C=O) groups is 1. The highest BCUT2D eigenvalue weighted by Gasteiger charge is 2.36. The highest BCUT2D eigenvalue weighted by atomic mass is 32.2. The van der Waals surface area contributed by atoms with Crippen LogP contribution in [0.2, 0.25) is 0 Å². The topological polar surface area (TPSA) is 78.5 Å². The molecule has 1 aromatic rings. The molecular formula is C19H25F4N3O3S. The predicted octanol–water partition coefficient (Wildman–Crippen LogP) is 2.37. The Bertz CT molecular complexity index is 864. The molecule has 1 aliphatic carbocycles. The summed E-state index contributed by atoms with van der Waals surface area (Å²) in [6.45, 7) is 2.80. The summed E-state index contributed by atoms with van der Waals surface area (Å²) in [5.41, 5.74) is -1.69. The van der Waals surface area contributed by atoms with E-state index in [9.17, 15) is 30.8 Å². The summed E-state index contributed by atoms with van der Waals surface area (Å²) in [6.07, 6.45) is -1.84. The molecule has 1 amide bonds.